The summed E-state index contributed by atoms with van der Waals surface area (Å²) in [5.41, 5.74) is 0.666. The molecule has 106 valence electrons. The molecule has 1 aromatic rings. The first-order valence-corrected chi connectivity index (χ1v) is 7.76. The summed E-state index contributed by atoms with van der Waals surface area (Å²) < 4.78 is 4.76. The number of carbonyl (C=O) groups excluding carboxylic acids is 1. The maximum absolute atomic E-state index is 12.4. The predicted octanol–water partition coefficient (Wildman–Crippen LogP) is 2.56. The van der Waals surface area contributed by atoms with Crippen LogP contribution in [0.4, 0.5) is 0 Å². The third kappa shape index (κ3) is 2.91. The molecule has 0 radical (unpaired) electrons. The number of likely N-dealkylation sites (tertiary alicyclic amines) is 1. The molecule has 1 saturated heterocycles. The number of benzene rings is 1. The molecule has 0 atom stereocenters. The molecule has 4 nitrogen and oxygen atoms in total. The number of hydrogen-bond donors (Lipinski definition) is 0. The number of piperidine rings is 1. The molecule has 1 aliphatic rings. The summed E-state index contributed by atoms with van der Waals surface area (Å²) in [6, 6.07) is 9.53. The van der Waals surface area contributed by atoms with Crippen LogP contribution in [0.1, 0.15) is 23.2 Å². The van der Waals surface area contributed by atoms with Gasteiger partial charge in [0.05, 0.1) is 13.2 Å². The zero-order chi connectivity index (χ0) is 14.6. The molecular weight excluding hydrogens is 272 g/mol. The number of methoxy groups -OCH3 is 1. The number of hydrogen-bond acceptors (Lipinski definition) is 4. The SMILES string of the molecule is COc1ccc(C(=O)N2CCC(C#N)(SC)CC2)cc1. The minimum atomic E-state index is -0.323. The van der Waals surface area contributed by atoms with Crippen molar-refractivity contribution >= 4 is 17.7 Å². The fraction of sp³-hybridized carbons (Fsp3) is 0.467. The molecule has 0 aliphatic carbocycles. The second-order valence-electron chi connectivity index (χ2n) is 4.83. The van der Waals surface area contributed by atoms with E-state index in [2.05, 4.69) is 6.07 Å². The summed E-state index contributed by atoms with van der Waals surface area (Å²) in [7, 11) is 1.60. The van der Waals surface area contributed by atoms with Crippen LogP contribution in [0.25, 0.3) is 0 Å². The number of nitrogens with zero attached hydrogens (tertiary/aromatic N) is 2. The standard InChI is InChI=1S/C15H18N2O2S/c1-19-13-5-3-12(4-6-13)14(18)17-9-7-15(11-16,20-2)8-10-17/h3-6H,7-10H2,1-2H3. The molecule has 0 aromatic heterocycles. The van der Waals surface area contributed by atoms with Crippen molar-refractivity contribution in [1.82, 2.24) is 4.90 Å². The molecule has 1 fully saturated rings. The van der Waals surface area contributed by atoms with Crippen molar-refractivity contribution in [3.8, 4) is 11.8 Å². The highest BCUT2D eigenvalue weighted by Gasteiger charge is 2.35. The molecule has 1 aliphatic heterocycles. The van der Waals surface area contributed by atoms with Gasteiger partial charge >= 0.3 is 0 Å². The lowest BCUT2D eigenvalue weighted by Crippen LogP contribution is -2.44. The predicted molar refractivity (Wildman–Crippen MR) is 80.0 cm³/mol. The van der Waals surface area contributed by atoms with Crippen LogP contribution >= 0.6 is 11.8 Å². The van der Waals surface area contributed by atoms with Crippen molar-refractivity contribution in [3.63, 3.8) is 0 Å². The molecule has 1 aromatic carbocycles. The molecule has 0 bridgehead atoms. The van der Waals surface area contributed by atoms with Crippen molar-refractivity contribution in [2.24, 2.45) is 0 Å². The van der Waals surface area contributed by atoms with Crippen molar-refractivity contribution < 1.29 is 9.53 Å². The Hall–Kier alpha value is -1.67. The second kappa shape index (κ2) is 6.19. The Balaban J connectivity index is 2.03. The molecule has 5 heteroatoms. The monoisotopic (exact) mass is 290 g/mol. The van der Waals surface area contributed by atoms with E-state index in [0.717, 1.165) is 18.6 Å². The van der Waals surface area contributed by atoms with E-state index in [0.29, 0.717) is 18.7 Å². The average molecular weight is 290 g/mol. The Labute approximate surface area is 123 Å². The fourth-order valence-electron chi connectivity index (χ4n) is 2.35. The van der Waals surface area contributed by atoms with Gasteiger partial charge in [-0.15, -0.1) is 11.8 Å². The Morgan fingerprint density at radius 3 is 2.40 bits per heavy atom. The maximum atomic E-state index is 12.4. The first kappa shape index (κ1) is 14.7. The lowest BCUT2D eigenvalue weighted by Gasteiger charge is -2.36. The molecule has 2 rings (SSSR count). The number of nitriles is 1. The van der Waals surface area contributed by atoms with Gasteiger partial charge in [0.2, 0.25) is 0 Å². The Bertz CT molecular complexity index is 514. The van der Waals surface area contributed by atoms with Gasteiger partial charge in [-0.05, 0) is 43.4 Å². The van der Waals surface area contributed by atoms with Gasteiger partial charge in [0.25, 0.3) is 5.91 Å². The van der Waals surface area contributed by atoms with Crippen molar-refractivity contribution in [2.75, 3.05) is 26.5 Å². The van der Waals surface area contributed by atoms with Gasteiger partial charge in [0.1, 0.15) is 10.5 Å². The molecule has 1 amide bonds. The van der Waals surface area contributed by atoms with Gasteiger partial charge in [0, 0.05) is 18.7 Å². The van der Waals surface area contributed by atoms with Crippen LogP contribution in [-0.2, 0) is 0 Å². The van der Waals surface area contributed by atoms with Crippen molar-refractivity contribution in [1.29, 1.82) is 5.26 Å². The molecule has 0 N–H and O–H groups in total. The van der Waals surface area contributed by atoms with Crippen molar-refractivity contribution in [2.45, 2.75) is 17.6 Å². The molecule has 20 heavy (non-hydrogen) atoms. The number of carbonyl (C=O) groups is 1. The van der Waals surface area contributed by atoms with Gasteiger partial charge in [-0.2, -0.15) is 5.26 Å². The summed E-state index contributed by atoms with van der Waals surface area (Å²) in [4.78, 5) is 14.2. The fourth-order valence-corrected chi connectivity index (χ4v) is 3.03. The first-order valence-electron chi connectivity index (χ1n) is 6.54. The van der Waals surface area contributed by atoms with E-state index >= 15 is 0 Å². The third-order valence-electron chi connectivity index (χ3n) is 3.79. The summed E-state index contributed by atoms with van der Waals surface area (Å²) in [6.45, 7) is 1.28. The molecule has 0 spiro atoms. The lowest BCUT2D eigenvalue weighted by molar-refractivity contribution is 0.0716. The zero-order valence-electron chi connectivity index (χ0n) is 11.8. The van der Waals surface area contributed by atoms with E-state index in [1.807, 2.05) is 11.2 Å². The summed E-state index contributed by atoms with van der Waals surface area (Å²) in [6.07, 6.45) is 3.42. The van der Waals surface area contributed by atoms with E-state index in [1.54, 1.807) is 43.1 Å². The van der Waals surface area contributed by atoms with Crippen LogP contribution in [0.3, 0.4) is 0 Å². The van der Waals surface area contributed by atoms with Crippen LogP contribution in [0.5, 0.6) is 5.75 Å². The van der Waals surface area contributed by atoms with Gasteiger partial charge in [0.15, 0.2) is 0 Å². The highest BCUT2D eigenvalue weighted by molar-refractivity contribution is 8.00. The van der Waals surface area contributed by atoms with E-state index < -0.39 is 0 Å². The number of ether oxygens (including phenoxy) is 1. The second-order valence-corrected chi connectivity index (χ2v) is 6.02. The van der Waals surface area contributed by atoms with Crippen LogP contribution in [0, 0.1) is 11.3 Å². The third-order valence-corrected chi connectivity index (χ3v) is 5.07. The van der Waals surface area contributed by atoms with Gasteiger partial charge in [-0.3, -0.25) is 4.79 Å². The summed E-state index contributed by atoms with van der Waals surface area (Å²) in [5.74, 6) is 0.770. The smallest absolute Gasteiger partial charge is 0.253 e. The zero-order valence-corrected chi connectivity index (χ0v) is 12.6. The van der Waals surface area contributed by atoms with Crippen LogP contribution in [0.2, 0.25) is 0 Å². The van der Waals surface area contributed by atoms with Crippen molar-refractivity contribution in [3.05, 3.63) is 29.8 Å². The van der Waals surface area contributed by atoms with E-state index in [-0.39, 0.29) is 10.7 Å². The molecule has 0 unspecified atom stereocenters. The normalized spacial score (nSPS) is 17.4. The minimum Gasteiger partial charge on any atom is -0.497 e. The molecular formula is C15H18N2O2S. The topological polar surface area (TPSA) is 53.3 Å². The van der Waals surface area contributed by atoms with Crippen LogP contribution in [-0.4, -0.2) is 42.0 Å². The van der Waals surface area contributed by atoms with Gasteiger partial charge in [-0.25, -0.2) is 0 Å². The summed E-state index contributed by atoms with van der Waals surface area (Å²) >= 11 is 1.59. The maximum Gasteiger partial charge on any atom is 0.253 e. The van der Waals surface area contributed by atoms with E-state index in [9.17, 15) is 10.1 Å². The van der Waals surface area contributed by atoms with Crippen LogP contribution in [0.15, 0.2) is 24.3 Å². The number of thioether (sulfide) groups is 1. The first-order chi connectivity index (χ1) is 9.64. The Morgan fingerprint density at radius 2 is 1.95 bits per heavy atom. The van der Waals surface area contributed by atoms with Gasteiger partial charge < -0.3 is 9.64 Å². The minimum absolute atomic E-state index is 0.0281. The van der Waals surface area contributed by atoms with E-state index in [4.69, 9.17) is 4.74 Å². The Morgan fingerprint density at radius 1 is 1.35 bits per heavy atom. The number of rotatable bonds is 3. The highest BCUT2D eigenvalue weighted by Crippen LogP contribution is 2.34. The Kier molecular flexibility index (Phi) is 4.56. The number of amides is 1. The highest BCUT2D eigenvalue weighted by atomic mass is 32.2. The average Bonchev–Trinajstić information content (AvgIpc) is 2.54. The summed E-state index contributed by atoms with van der Waals surface area (Å²) in [5, 5.41) is 9.25. The molecule has 1 heterocycles. The quantitative estimate of drug-likeness (QED) is 0.858. The lowest BCUT2D eigenvalue weighted by atomic mass is 9.96. The van der Waals surface area contributed by atoms with Gasteiger partial charge in [-0.1, -0.05) is 0 Å². The van der Waals surface area contributed by atoms with Crippen LogP contribution < -0.4 is 4.74 Å². The largest absolute Gasteiger partial charge is 0.497 e. The molecule has 0 saturated carbocycles. The van der Waals surface area contributed by atoms with E-state index in [1.165, 1.54) is 0 Å².